The number of anilines is 3. The van der Waals surface area contributed by atoms with E-state index in [1.165, 1.54) is 80.6 Å². The van der Waals surface area contributed by atoms with Crippen LogP contribution < -0.4 is 4.90 Å². The molecule has 0 amide bonds. The molecule has 1 aliphatic rings. The summed E-state index contributed by atoms with van der Waals surface area (Å²) in [6, 6.07) is 63.7. The molecule has 1 nitrogen and oxygen atoms in total. The monoisotopic (exact) mass is 735 g/mol. The van der Waals surface area contributed by atoms with Gasteiger partial charge in [-0.1, -0.05) is 187 Å². The molecule has 0 radical (unpaired) electrons. The number of allylic oxidation sites excluding steroid dienone is 4. The van der Waals surface area contributed by atoms with E-state index < -0.39 is 0 Å². The number of hydrogen-bond acceptors (Lipinski definition) is 1. The molecule has 0 saturated carbocycles. The number of nitrogens with zero attached hydrogens (tertiary/aromatic N) is 1. The normalized spacial score (nSPS) is 12.3. The molecule has 0 N–H and O–H groups in total. The second-order valence-corrected chi connectivity index (χ2v) is 15.0. The highest BCUT2D eigenvalue weighted by atomic mass is 15.1. The predicted molar refractivity (Wildman–Crippen MR) is 245 cm³/mol. The maximum Gasteiger partial charge on any atom is 0.0464 e. The summed E-state index contributed by atoms with van der Waals surface area (Å²) in [4.78, 5) is 2.39. The minimum absolute atomic E-state index is 1.14. The lowest BCUT2D eigenvalue weighted by atomic mass is 9.91. The second kappa shape index (κ2) is 17.8. The lowest BCUT2D eigenvalue weighted by Crippen LogP contribution is -2.12. The molecule has 0 bridgehead atoms. The zero-order valence-corrected chi connectivity index (χ0v) is 33.0. The largest absolute Gasteiger partial charge is 0.310 e. The summed E-state index contributed by atoms with van der Waals surface area (Å²) in [5.74, 6) is 0. The Kier molecular flexibility index (Phi) is 11.7. The Labute approximate surface area is 339 Å². The molecule has 57 heavy (non-hydrogen) atoms. The van der Waals surface area contributed by atoms with Gasteiger partial charge in [0, 0.05) is 17.1 Å². The number of rotatable bonds is 11. The molecule has 0 aromatic heterocycles. The van der Waals surface area contributed by atoms with Crippen LogP contribution in [-0.4, -0.2) is 0 Å². The van der Waals surface area contributed by atoms with Crippen molar-refractivity contribution in [2.24, 2.45) is 0 Å². The van der Waals surface area contributed by atoms with Gasteiger partial charge in [-0.05, 0) is 132 Å². The molecule has 0 atom stereocenters. The molecule has 1 aliphatic carbocycles. The highest BCUT2D eigenvalue weighted by Gasteiger charge is 2.16. The van der Waals surface area contributed by atoms with Crippen molar-refractivity contribution in [3.05, 3.63) is 256 Å². The number of aryl methyl sites for hydroxylation is 4. The lowest BCUT2D eigenvalue weighted by molar-refractivity contribution is 0.685. The van der Waals surface area contributed by atoms with Crippen LogP contribution in [0.2, 0.25) is 0 Å². The third-order valence-electron chi connectivity index (χ3n) is 10.9. The zero-order valence-electron chi connectivity index (χ0n) is 33.0. The maximum absolute atomic E-state index is 2.41. The van der Waals surface area contributed by atoms with Crippen molar-refractivity contribution in [2.75, 3.05) is 4.90 Å². The number of fused-ring (bicyclic) bond motifs is 1. The Bertz CT molecular complexity index is 2430. The zero-order chi connectivity index (χ0) is 38.8. The molecule has 7 aromatic carbocycles. The first-order valence-electron chi connectivity index (χ1n) is 20.2. The maximum atomic E-state index is 2.41. The predicted octanol–water partition coefficient (Wildman–Crippen LogP) is 14.9. The molecular formula is C56H49N. The van der Waals surface area contributed by atoms with Crippen LogP contribution in [0, 0.1) is 13.8 Å². The third kappa shape index (κ3) is 9.23. The first-order valence-corrected chi connectivity index (χ1v) is 20.2. The van der Waals surface area contributed by atoms with Crippen LogP contribution in [0.4, 0.5) is 17.1 Å². The summed E-state index contributed by atoms with van der Waals surface area (Å²) in [6.45, 7) is 4.27. The van der Waals surface area contributed by atoms with Gasteiger partial charge in [0.25, 0.3) is 0 Å². The van der Waals surface area contributed by atoms with Gasteiger partial charge in [0.15, 0.2) is 0 Å². The van der Waals surface area contributed by atoms with Gasteiger partial charge in [0.2, 0.25) is 0 Å². The minimum atomic E-state index is 1.14. The average molecular weight is 736 g/mol. The van der Waals surface area contributed by atoms with Crippen LogP contribution in [0.3, 0.4) is 0 Å². The van der Waals surface area contributed by atoms with E-state index >= 15 is 0 Å². The van der Waals surface area contributed by atoms with Crippen molar-refractivity contribution in [2.45, 2.75) is 39.5 Å². The summed E-state index contributed by atoms with van der Waals surface area (Å²) in [6.07, 6.45) is 18.0. The Morgan fingerprint density at radius 1 is 0.404 bits per heavy atom. The SMILES string of the molecule is Cc1ccc(C(=CC=Cc2ccc(N(c3ccc(C=CC=C(c4ccccc4)c4ccccc4)cc3)c3ccc4c(c3)CCCC4)cc2)c2ccc(C)cc2)cc1. The standard InChI is InChI=1S/C56H49N/c1-42-23-31-49(32-24-42)56(50-33-25-43(2)26-34-50)22-12-14-45-29-38-53(39-30-45)57(54-40-35-46-15-9-10-20-51(46)41-54)52-36-27-44(28-37-52)13-11-21-55(47-16-5-3-6-17-47)48-18-7-4-8-19-48/h3-8,11-14,16-19,21-41H,9-10,15,20H2,1-2H3. The first kappa shape index (κ1) is 37.2. The Morgan fingerprint density at radius 2 is 0.807 bits per heavy atom. The van der Waals surface area contributed by atoms with Gasteiger partial charge in [-0.25, -0.2) is 0 Å². The van der Waals surface area contributed by atoms with Crippen LogP contribution in [0.15, 0.2) is 200 Å². The number of benzene rings is 7. The van der Waals surface area contributed by atoms with Gasteiger partial charge in [0.05, 0.1) is 0 Å². The molecule has 0 fully saturated rings. The van der Waals surface area contributed by atoms with Gasteiger partial charge in [-0.3, -0.25) is 0 Å². The fourth-order valence-corrected chi connectivity index (χ4v) is 7.71. The molecule has 0 saturated heterocycles. The van der Waals surface area contributed by atoms with Crippen molar-refractivity contribution < 1.29 is 0 Å². The Hall–Kier alpha value is -6.70. The van der Waals surface area contributed by atoms with Crippen LogP contribution in [-0.2, 0) is 12.8 Å². The first-order chi connectivity index (χ1) is 28.1. The van der Waals surface area contributed by atoms with Gasteiger partial charge in [-0.2, -0.15) is 0 Å². The summed E-state index contributed by atoms with van der Waals surface area (Å²) in [5.41, 5.74) is 18.5. The molecule has 0 spiro atoms. The topological polar surface area (TPSA) is 3.24 Å². The van der Waals surface area contributed by atoms with Crippen molar-refractivity contribution >= 4 is 40.4 Å². The molecule has 7 aromatic rings. The van der Waals surface area contributed by atoms with Crippen molar-refractivity contribution in [3.63, 3.8) is 0 Å². The van der Waals surface area contributed by atoms with Crippen LogP contribution >= 0.6 is 0 Å². The molecule has 0 unspecified atom stereocenters. The summed E-state index contributed by atoms with van der Waals surface area (Å²) >= 11 is 0. The summed E-state index contributed by atoms with van der Waals surface area (Å²) in [7, 11) is 0. The quantitative estimate of drug-likeness (QED) is 0.120. The van der Waals surface area contributed by atoms with E-state index in [1.54, 1.807) is 0 Å². The van der Waals surface area contributed by atoms with Gasteiger partial charge >= 0.3 is 0 Å². The summed E-state index contributed by atoms with van der Waals surface area (Å²) in [5, 5.41) is 0. The molecule has 0 aliphatic heterocycles. The second-order valence-electron chi connectivity index (χ2n) is 15.0. The van der Waals surface area contributed by atoms with E-state index in [0.717, 1.165) is 28.9 Å². The molecule has 1 heteroatoms. The van der Waals surface area contributed by atoms with E-state index in [1.807, 2.05) is 0 Å². The van der Waals surface area contributed by atoms with E-state index in [-0.39, 0.29) is 0 Å². The Balaban J connectivity index is 1.07. The molecule has 8 rings (SSSR count). The molecule has 278 valence electrons. The van der Waals surface area contributed by atoms with Crippen molar-refractivity contribution in [3.8, 4) is 0 Å². The summed E-state index contributed by atoms with van der Waals surface area (Å²) < 4.78 is 0. The smallest absolute Gasteiger partial charge is 0.0464 e. The van der Waals surface area contributed by atoms with Crippen molar-refractivity contribution in [1.29, 1.82) is 0 Å². The highest BCUT2D eigenvalue weighted by Crippen LogP contribution is 2.37. The fourth-order valence-electron chi connectivity index (χ4n) is 7.71. The van der Waals surface area contributed by atoms with E-state index in [9.17, 15) is 0 Å². The van der Waals surface area contributed by atoms with Crippen LogP contribution in [0.25, 0.3) is 23.3 Å². The van der Waals surface area contributed by atoms with E-state index in [0.29, 0.717) is 0 Å². The van der Waals surface area contributed by atoms with Crippen LogP contribution in [0.1, 0.15) is 68.5 Å². The van der Waals surface area contributed by atoms with Gasteiger partial charge in [0.1, 0.15) is 0 Å². The van der Waals surface area contributed by atoms with Gasteiger partial charge < -0.3 is 4.90 Å². The lowest BCUT2D eigenvalue weighted by Gasteiger charge is -2.27. The van der Waals surface area contributed by atoms with Gasteiger partial charge in [-0.15, -0.1) is 0 Å². The van der Waals surface area contributed by atoms with Crippen molar-refractivity contribution in [1.82, 2.24) is 0 Å². The molecular weight excluding hydrogens is 687 g/mol. The Morgan fingerprint density at radius 3 is 1.26 bits per heavy atom. The van der Waals surface area contributed by atoms with E-state index in [4.69, 9.17) is 0 Å². The molecule has 0 heterocycles. The fraction of sp³-hybridized carbons (Fsp3) is 0.107. The highest BCUT2D eigenvalue weighted by molar-refractivity contribution is 5.83. The van der Waals surface area contributed by atoms with E-state index in [2.05, 4.69) is 231 Å². The minimum Gasteiger partial charge on any atom is -0.310 e. The number of hydrogen-bond donors (Lipinski definition) is 0. The third-order valence-corrected chi connectivity index (χ3v) is 10.9. The van der Waals surface area contributed by atoms with Crippen LogP contribution in [0.5, 0.6) is 0 Å². The average Bonchev–Trinajstić information content (AvgIpc) is 3.26.